The summed E-state index contributed by atoms with van der Waals surface area (Å²) in [4.78, 5) is 0. The molecule has 0 aliphatic carbocycles. The van der Waals surface area contributed by atoms with Crippen LogP contribution in [0.5, 0.6) is 0 Å². The van der Waals surface area contributed by atoms with Crippen LogP contribution in [-0.4, -0.2) is 452 Å². The third-order valence-corrected chi connectivity index (χ3v) is 20.9. The molecule has 24 N–H and O–H groups in total. The van der Waals surface area contributed by atoms with Crippen molar-refractivity contribution in [3.05, 3.63) is 71.3 Å². The zero-order valence-electron chi connectivity index (χ0n) is 63.0. The van der Waals surface area contributed by atoms with E-state index in [-0.39, 0.29) is 34.2 Å². The lowest BCUT2D eigenvalue weighted by atomic mass is 9.90. The fourth-order valence-electron chi connectivity index (χ4n) is 14.0. The van der Waals surface area contributed by atoms with Gasteiger partial charge in [-0.1, -0.05) is 31.3 Å². The van der Waals surface area contributed by atoms with Gasteiger partial charge in [0.05, 0.1) is 180 Å². The van der Waals surface area contributed by atoms with E-state index in [1.165, 1.54) is 37.2 Å². The summed E-state index contributed by atoms with van der Waals surface area (Å²) in [6, 6.07) is 0. The van der Waals surface area contributed by atoms with E-state index in [0.717, 1.165) is 28.1 Å². The molecular formula is C64H100N18O37. The van der Waals surface area contributed by atoms with Crippen LogP contribution in [0.1, 0.15) is 71.5 Å². The van der Waals surface area contributed by atoms with Gasteiger partial charge in [-0.25, -0.2) is 28.1 Å². The Morgan fingerprint density at radius 3 is 0.504 bits per heavy atom. The Labute approximate surface area is 670 Å². The largest absolute Gasteiger partial charge is 0.394 e. The van der Waals surface area contributed by atoms with Crippen molar-refractivity contribution in [2.24, 2.45) is 10.8 Å². The van der Waals surface area contributed by atoms with Crippen molar-refractivity contribution in [3.8, 4) is 0 Å². The van der Waals surface area contributed by atoms with Gasteiger partial charge in [-0.2, -0.15) is 0 Å². The molecule has 6 saturated heterocycles. The molecule has 30 atom stereocenters. The monoisotopic (exact) mass is 1710 g/mol. The van der Waals surface area contributed by atoms with Crippen LogP contribution in [0, 0.1) is 10.8 Å². The molecule has 0 unspecified atom stereocenters. The lowest BCUT2D eigenvalue weighted by Gasteiger charge is -2.39. The molecule has 6 aromatic heterocycles. The third kappa shape index (κ3) is 20.7. The summed E-state index contributed by atoms with van der Waals surface area (Å²) in [7, 11) is 0. The molecule has 0 radical (unpaired) electrons. The number of ether oxygens (including phenoxy) is 13. The first-order valence-electron chi connectivity index (χ1n) is 37.4. The van der Waals surface area contributed by atoms with E-state index >= 15 is 0 Å². The smallest absolute Gasteiger partial charge is 0.180 e. The molecule has 668 valence electrons. The Kier molecular flexibility index (Phi) is 31.4. The van der Waals surface area contributed by atoms with Crippen molar-refractivity contribution in [1.29, 1.82) is 0 Å². The summed E-state index contributed by atoms with van der Waals surface area (Å²) in [5.41, 5.74) is -3.02. The average Bonchev–Trinajstić information content (AvgIpc) is 1.80. The van der Waals surface area contributed by atoms with Gasteiger partial charge in [0, 0.05) is 0 Å². The molecule has 119 heavy (non-hydrogen) atoms. The van der Waals surface area contributed by atoms with Crippen LogP contribution in [-0.2, 0) is 101 Å². The first kappa shape index (κ1) is 91.6. The highest BCUT2D eigenvalue weighted by Crippen LogP contribution is 2.36. The lowest BCUT2D eigenvalue weighted by Crippen LogP contribution is -2.56. The van der Waals surface area contributed by atoms with Gasteiger partial charge >= 0.3 is 0 Å². The first-order chi connectivity index (χ1) is 57.1. The molecule has 55 nitrogen and oxygen atoms in total. The second-order valence-electron chi connectivity index (χ2n) is 29.9. The van der Waals surface area contributed by atoms with Crippen LogP contribution < -0.4 is 0 Å². The van der Waals surface area contributed by atoms with Crippen molar-refractivity contribution in [2.45, 2.75) is 224 Å². The van der Waals surface area contributed by atoms with Crippen LogP contribution >= 0.6 is 0 Å². The van der Waals surface area contributed by atoms with E-state index < -0.39 is 327 Å². The number of aliphatic hydroxyl groups is 24. The summed E-state index contributed by atoms with van der Waals surface area (Å²) >= 11 is 0. The minimum atomic E-state index is -1.81. The van der Waals surface area contributed by atoms with Gasteiger partial charge in [-0.05, 0) is 0 Å². The molecule has 6 aliphatic rings. The second kappa shape index (κ2) is 40.8. The van der Waals surface area contributed by atoms with Gasteiger partial charge in [0.25, 0.3) is 0 Å². The molecule has 0 aromatic carbocycles. The number of rotatable bonds is 40. The van der Waals surface area contributed by atoms with E-state index in [2.05, 4.69) is 61.9 Å². The Hall–Kier alpha value is -6.64. The Morgan fingerprint density at radius 1 is 0.218 bits per heavy atom. The van der Waals surface area contributed by atoms with Crippen molar-refractivity contribution >= 4 is 0 Å². The third-order valence-electron chi connectivity index (χ3n) is 20.9. The minimum absolute atomic E-state index is 0.0494. The summed E-state index contributed by atoms with van der Waals surface area (Å²) in [6.07, 6.45) is -41.5. The zero-order chi connectivity index (χ0) is 85.3. The fraction of sp³-hybridized carbons (Fsp3) is 0.812. The van der Waals surface area contributed by atoms with Gasteiger partial charge in [0.2, 0.25) is 0 Å². The maximum atomic E-state index is 11.0. The van der Waals surface area contributed by atoms with Crippen molar-refractivity contribution in [2.75, 3.05) is 92.5 Å². The number of aromatic nitrogens is 18. The molecule has 6 aromatic rings. The topological polar surface area (TPSA) is 790 Å². The quantitative estimate of drug-likeness (QED) is 0.0170. The molecule has 0 spiro atoms. The van der Waals surface area contributed by atoms with Gasteiger partial charge in [0.15, 0.2) is 37.4 Å². The highest BCUT2D eigenvalue weighted by atomic mass is 16.6. The summed E-state index contributed by atoms with van der Waals surface area (Å²) in [5, 5.41) is 302. The van der Waals surface area contributed by atoms with Crippen molar-refractivity contribution in [3.63, 3.8) is 0 Å². The number of aliphatic hydroxyl groups excluding tert-OH is 24. The molecule has 0 amide bonds. The second-order valence-corrected chi connectivity index (χ2v) is 29.9. The Morgan fingerprint density at radius 2 is 0.361 bits per heavy atom. The SMILES string of the molecule is OC[C@H]1O[C@@H](n2cc(COCC(COCc3cn([C@@H]4O[C@H](CO)[C@H](O)[C@H](O)[C@H]4O)nn3)(COCc3cn([C@@H]4O[C@H](CO)[C@H](O)[C@H](O)[C@H]4O)nn3)COCC(COCc3cn([C@@H]4O[C@H](CO)[C@H](O)[C@H](O)[C@H]4O)nn3)(COCc3cn([C@@H]4O[C@H](CO)[C@H](O)[C@H](O)[C@H]4O)nn3)COCc3cn([C@@H]4O[C@H](CO)[C@H](O)[C@H](O)[C@H]4O)nn3)nn2)[C@H](O)[C@@H](O)[C@H]1O. The summed E-state index contributed by atoms with van der Waals surface area (Å²) in [6.45, 7) is -11.2. The molecule has 6 aliphatic heterocycles. The van der Waals surface area contributed by atoms with Crippen LogP contribution in [0.2, 0.25) is 0 Å². The van der Waals surface area contributed by atoms with Crippen LogP contribution in [0.15, 0.2) is 37.2 Å². The molecular weight excluding hydrogens is 1610 g/mol. The maximum Gasteiger partial charge on any atom is 0.180 e. The average molecular weight is 1710 g/mol. The standard InChI is InChI=1S/C64H100N18O37/c83-7-33-39(89)45(95)51(101)57(114-33)77-1-27(65-71-77)13-107-19-63(20-108-14-28-2-78(72-66-28)58-52(102)46(96)40(90)34(8-84)115-58,21-109-15-29-3-79(73-67-29)59-53(103)47(97)41(91)35(9-85)116-59)25-113-26-64(22-110-16-30-4-80(74-68-30)60-54(104)48(98)42(92)36(10-86)117-60,23-111-17-31-5-81(75-69-31)61-55(105)49(99)43(93)37(11-87)118-61)24-112-18-32-6-82(76-70-32)62-56(106)50(100)44(94)38(12-88)119-62/h1-6,33-62,83-106H,7-26H2/t33-,34-,35-,36-,37-,38-,39+,40+,41+,42+,43+,44+,45+,46+,47+,48+,49+,50+,51-,52-,53-,54-,55-,56-,57-,58-,59-,60-,61-,62-/m1/s1. The van der Waals surface area contributed by atoms with E-state index in [1.807, 2.05) is 0 Å². The number of hydrogen-bond donors (Lipinski definition) is 24. The predicted octanol–water partition coefficient (Wildman–Crippen LogP) is -16.3. The molecule has 6 fully saturated rings. The summed E-state index contributed by atoms with van der Waals surface area (Å²) < 4.78 is 85.7. The minimum Gasteiger partial charge on any atom is -0.394 e. The first-order valence-corrected chi connectivity index (χ1v) is 37.4. The highest BCUT2D eigenvalue weighted by Gasteiger charge is 2.52. The van der Waals surface area contributed by atoms with Crippen LogP contribution in [0.4, 0.5) is 0 Å². The maximum absolute atomic E-state index is 11.0. The lowest BCUT2D eigenvalue weighted by molar-refractivity contribution is -0.254. The van der Waals surface area contributed by atoms with Gasteiger partial charge in [-0.3, -0.25) is 0 Å². The van der Waals surface area contributed by atoms with E-state index in [4.69, 9.17) is 61.6 Å². The van der Waals surface area contributed by atoms with E-state index in [9.17, 15) is 123 Å². The number of nitrogens with zero attached hydrogens (tertiary/aromatic N) is 18. The fourth-order valence-corrected chi connectivity index (χ4v) is 14.0. The molecule has 0 bridgehead atoms. The molecule has 55 heteroatoms. The van der Waals surface area contributed by atoms with Crippen molar-refractivity contribution in [1.82, 2.24) is 90.0 Å². The normalized spacial score (nSPS) is 35.6. The Balaban J connectivity index is 0.882. The predicted molar refractivity (Wildman–Crippen MR) is 368 cm³/mol. The van der Waals surface area contributed by atoms with Gasteiger partial charge in [0.1, 0.15) is 181 Å². The van der Waals surface area contributed by atoms with Crippen LogP contribution in [0.3, 0.4) is 0 Å². The van der Waals surface area contributed by atoms with E-state index in [0.29, 0.717) is 0 Å². The highest BCUT2D eigenvalue weighted by molar-refractivity contribution is 5.03. The molecule has 12 rings (SSSR count). The number of hydrogen-bond acceptors (Lipinski definition) is 49. The van der Waals surface area contributed by atoms with Gasteiger partial charge < -0.3 is 184 Å². The molecule has 12 heterocycles. The Bertz CT molecular complexity index is 3410. The van der Waals surface area contributed by atoms with E-state index in [1.54, 1.807) is 0 Å². The zero-order valence-corrected chi connectivity index (χ0v) is 63.0. The van der Waals surface area contributed by atoms with Crippen LogP contribution in [0.25, 0.3) is 0 Å². The molecule has 0 saturated carbocycles. The van der Waals surface area contributed by atoms with Gasteiger partial charge in [-0.15, -0.1) is 30.6 Å². The van der Waals surface area contributed by atoms with Crippen molar-refractivity contribution < 1.29 is 184 Å². The summed E-state index contributed by atoms with van der Waals surface area (Å²) in [5.74, 6) is 0.